The average molecular weight is 405 g/mol. The molecule has 0 radical (unpaired) electrons. The van der Waals surface area contributed by atoms with Gasteiger partial charge in [-0.15, -0.1) is 0 Å². The molecular weight excluding hydrogens is 364 g/mol. The molecule has 0 bridgehead atoms. The first-order valence-electron chi connectivity index (χ1n) is 11.1. The zero-order valence-electron chi connectivity index (χ0n) is 17.4. The molecule has 2 heterocycles. The zero-order valence-corrected chi connectivity index (χ0v) is 17.4. The van der Waals surface area contributed by atoms with Crippen LogP contribution in [0.5, 0.6) is 0 Å². The maximum absolute atomic E-state index is 9.86. The van der Waals surface area contributed by atoms with Gasteiger partial charge in [0.15, 0.2) is 12.6 Å². The number of aliphatic hydroxyl groups is 1. The van der Waals surface area contributed by atoms with Gasteiger partial charge in [-0.1, -0.05) is 0 Å². The number of unbranched alkanes of at least 4 members (excludes halogenated alkanes) is 2. The number of rotatable bonds is 16. The van der Waals surface area contributed by atoms with Crippen molar-refractivity contribution in [2.75, 3.05) is 52.9 Å². The fourth-order valence-corrected chi connectivity index (χ4v) is 3.21. The van der Waals surface area contributed by atoms with Gasteiger partial charge in [0, 0.05) is 39.6 Å². The maximum atomic E-state index is 9.86. The van der Waals surface area contributed by atoms with E-state index in [1.807, 2.05) is 0 Å². The van der Waals surface area contributed by atoms with E-state index >= 15 is 0 Å². The van der Waals surface area contributed by atoms with Crippen molar-refractivity contribution in [1.82, 2.24) is 0 Å². The molecule has 0 aromatic heterocycles. The minimum absolute atomic E-state index is 0.0132. The van der Waals surface area contributed by atoms with Crippen molar-refractivity contribution in [3.8, 4) is 0 Å². The van der Waals surface area contributed by atoms with Crippen molar-refractivity contribution in [2.24, 2.45) is 0 Å². The summed E-state index contributed by atoms with van der Waals surface area (Å²) in [6, 6.07) is 0. The van der Waals surface area contributed by atoms with E-state index in [4.69, 9.17) is 28.4 Å². The van der Waals surface area contributed by atoms with Gasteiger partial charge < -0.3 is 33.5 Å². The summed E-state index contributed by atoms with van der Waals surface area (Å²) in [7, 11) is 0. The molecule has 0 spiro atoms. The van der Waals surface area contributed by atoms with Crippen LogP contribution in [0.15, 0.2) is 0 Å². The number of aliphatic hydroxyl groups excluding tert-OH is 1. The average Bonchev–Trinajstić information content (AvgIpc) is 2.74. The maximum Gasteiger partial charge on any atom is 0.157 e. The van der Waals surface area contributed by atoms with Crippen molar-refractivity contribution in [3.05, 3.63) is 0 Å². The molecular formula is C21H40O7. The van der Waals surface area contributed by atoms with E-state index in [-0.39, 0.29) is 12.6 Å². The molecule has 0 amide bonds. The molecule has 7 nitrogen and oxygen atoms in total. The zero-order chi connectivity index (χ0) is 19.7. The van der Waals surface area contributed by atoms with Crippen molar-refractivity contribution in [1.29, 1.82) is 0 Å². The van der Waals surface area contributed by atoms with Crippen LogP contribution in [0.1, 0.15) is 64.2 Å². The van der Waals surface area contributed by atoms with Gasteiger partial charge in [-0.3, -0.25) is 0 Å². The quantitative estimate of drug-likeness (QED) is 0.396. The van der Waals surface area contributed by atoms with Crippen LogP contribution in [0, 0.1) is 0 Å². The van der Waals surface area contributed by atoms with Gasteiger partial charge in [-0.25, -0.2) is 0 Å². The minimum atomic E-state index is -0.571. The molecule has 0 aromatic rings. The van der Waals surface area contributed by atoms with Crippen LogP contribution in [-0.4, -0.2) is 76.6 Å². The lowest BCUT2D eigenvalue weighted by Gasteiger charge is -2.22. The van der Waals surface area contributed by atoms with Gasteiger partial charge in [0.1, 0.15) is 6.10 Å². The third-order valence-corrected chi connectivity index (χ3v) is 4.87. The molecule has 28 heavy (non-hydrogen) atoms. The van der Waals surface area contributed by atoms with Crippen LogP contribution in [0.4, 0.5) is 0 Å². The second-order valence-electron chi connectivity index (χ2n) is 7.55. The summed E-state index contributed by atoms with van der Waals surface area (Å²) in [6.07, 6.45) is 9.81. The Balaban J connectivity index is 1.27. The van der Waals surface area contributed by atoms with Crippen molar-refractivity contribution >= 4 is 0 Å². The lowest BCUT2D eigenvalue weighted by Crippen LogP contribution is -2.23. The Bertz CT molecular complexity index is 312. The van der Waals surface area contributed by atoms with Gasteiger partial charge in [0.25, 0.3) is 0 Å². The van der Waals surface area contributed by atoms with E-state index in [1.54, 1.807) is 0 Å². The first-order valence-corrected chi connectivity index (χ1v) is 11.1. The fraction of sp³-hybridized carbons (Fsp3) is 1.00. The molecule has 7 heteroatoms. The summed E-state index contributed by atoms with van der Waals surface area (Å²) < 4.78 is 33.4. The van der Waals surface area contributed by atoms with Crippen LogP contribution < -0.4 is 0 Å². The fourth-order valence-electron chi connectivity index (χ4n) is 3.21. The molecule has 2 fully saturated rings. The van der Waals surface area contributed by atoms with Crippen LogP contribution in [0.25, 0.3) is 0 Å². The number of hydrogen-bond donors (Lipinski definition) is 1. The van der Waals surface area contributed by atoms with Crippen LogP contribution in [0.2, 0.25) is 0 Å². The molecule has 2 saturated heterocycles. The van der Waals surface area contributed by atoms with Crippen molar-refractivity contribution < 1.29 is 33.5 Å². The first kappa shape index (κ1) is 24.0. The summed E-state index contributed by atoms with van der Waals surface area (Å²) in [5.74, 6) is 0. The highest BCUT2D eigenvalue weighted by atomic mass is 16.7. The topological polar surface area (TPSA) is 75.6 Å². The van der Waals surface area contributed by atoms with Gasteiger partial charge >= 0.3 is 0 Å². The van der Waals surface area contributed by atoms with E-state index in [2.05, 4.69) is 0 Å². The summed E-state index contributed by atoms with van der Waals surface area (Å²) >= 11 is 0. The first-order chi connectivity index (χ1) is 13.8. The van der Waals surface area contributed by atoms with Crippen LogP contribution >= 0.6 is 0 Å². The van der Waals surface area contributed by atoms with Gasteiger partial charge in [0.05, 0.1) is 13.2 Å². The Morgan fingerprint density at radius 2 is 1.14 bits per heavy atom. The van der Waals surface area contributed by atoms with E-state index in [0.717, 1.165) is 64.6 Å². The van der Waals surface area contributed by atoms with Crippen molar-refractivity contribution in [2.45, 2.75) is 82.9 Å². The molecule has 0 saturated carbocycles. The second kappa shape index (κ2) is 16.5. The normalized spacial score (nSPS) is 24.3. The molecule has 0 aromatic carbocycles. The largest absolute Gasteiger partial charge is 0.388 e. The molecule has 2 unspecified atom stereocenters. The third-order valence-electron chi connectivity index (χ3n) is 4.87. The SMILES string of the molecule is OC(COCCCCOC1CCCCO1)COCCCCOC1CCCCO1. The highest BCUT2D eigenvalue weighted by Gasteiger charge is 2.14. The number of ether oxygens (including phenoxy) is 6. The summed E-state index contributed by atoms with van der Waals surface area (Å²) in [5.41, 5.74) is 0. The Hall–Kier alpha value is -0.280. The van der Waals surface area contributed by atoms with Crippen LogP contribution in [0.3, 0.4) is 0 Å². The van der Waals surface area contributed by atoms with E-state index < -0.39 is 6.10 Å². The second-order valence-corrected chi connectivity index (χ2v) is 7.55. The summed E-state index contributed by atoms with van der Waals surface area (Å²) in [6.45, 7) is 4.93. The number of hydrogen-bond acceptors (Lipinski definition) is 7. The smallest absolute Gasteiger partial charge is 0.157 e. The van der Waals surface area contributed by atoms with E-state index in [9.17, 15) is 5.11 Å². The van der Waals surface area contributed by atoms with Crippen molar-refractivity contribution in [3.63, 3.8) is 0 Å². The molecule has 2 rings (SSSR count). The lowest BCUT2D eigenvalue weighted by molar-refractivity contribution is -0.163. The van der Waals surface area contributed by atoms with Gasteiger partial charge in [-0.2, -0.15) is 0 Å². The molecule has 1 N–H and O–H groups in total. The lowest BCUT2D eigenvalue weighted by atomic mass is 10.2. The Morgan fingerprint density at radius 3 is 1.57 bits per heavy atom. The standard InChI is InChI=1S/C21H40O7/c22-19(17-23-11-5-7-15-27-20-9-1-3-13-25-20)18-24-12-6-8-16-28-21-10-2-4-14-26-21/h19-22H,1-18H2. The van der Waals surface area contributed by atoms with E-state index in [1.165, 1.54) is 12.8 Å². The van der Waals surface area contributed by atoms with Gasteiger partial charge in [-0.05, 0) is 64.2 Å². The highest BCUT2D eigenvalue weighted by molar-refractivity contribution is 4.56. The van der Waals surface area contributed by atoms with E-state index in [0.29, 0.717) is 39.6 Å². The predicted molar refractivity (Wildman–Crippen MR) is 105 cm³/mol. The minimum Gasteiger partial charge on any atom is -0.388 e. The molecule has 2 atom stereocenters. The molecule has 2 aliphatic heterocycles. The third kappa shape index (κ3) is 12.3. The highest BCUT2D eigenvalue weighted by Crippen LogP contribution is 2.14. The summed E-state index contributed by atoms with van der Waals surface area (Å²) in [4.78, 5) is 0. The molecule has 0 aliphatic carbocycles. The Kier molecular flexibility index (Phi) is 14.1. The molecule has 2 aliphatic rings. The Morgan fingerprint density at radius 1 is 0.679 bits per heavy atom. The monoisotopic (exact) mass is 404 g/mol. The van der Waals surface area contributed by atoms with Crippen LogP contribution in [-0.2, 0) is 28.4 Å². The Labute approximate surface area is 170 Å². The predicted octanol–water partition coefficient (Wildman–Crippen LogP) is 3.03. The van der Waals surface area contributed by atoms with Gasteiger partial charge in [0.2, 0.25) is 0 Å². The molecule has 166 valence electrons. The summed E-state index contributed by atoms with van der Waals surface area (Å²) in [5, 5.41) is 9.86.